The van der Waals surface area contributed by atoms with Gasteiger partial charge in [-0.1, -0.05) is 0 Å². The molecule has 17 heavy (non-hydrogen) atoms. The summed E-state index contributed by atoms with van der Waals surface area (Å²) in [4.78, 5) is 10.6. The molecule has 0 bridgehead atoms. The highest BCUT2D eigenvalue weighted by Gasteiger charge is 2.11. The SMILES string of the molecule is Cc1oc(-c2ccc(F)cc2)cc1CC(=O)O. The van der Waals surface area contributed by atoms with Gasteiger partial charge >= 0.3 is 5.97 Å². The van der Waals surface area contributed by atoms with Crippen LogP contribution in [0.2, 0.25) is 0 Å². The van der Waals surface area contributed by atoms with Crippen molar-refractivity contribution in [3.8, 4) is 11.3 Å². The Bertz CT molecular complexity index is 540. The Kier molecular flexibility index (Phi) is 2.95. The summed E-state index contributed by atoms with van der Waals surface area (Å²) >= 11 is 0. The van der Waals surface area contributed by atoms with Crippen LogP contribution in [0.25, 0.3) is 11.3 Å². The fourth-order valence-corrected chi connectivity index (χ4v) is 1.61. The summed E-state index contributed by atoms with van der Waals surface area (Å²) in [5.74, 6) is -0.0900. The monoisotopic (exact) mass is 234 g/mol. The minimum Gasteiger partial charge on any atom is -0.481 e. The van der Waals surface area contributed by atoms with E-state index >= 15 is 0 Å². The lowest BCUT2D eigenvalue weighted by molar-refractivity contribution is -0.136. The third kappa shape index (κ3) is 2.53. The van der Waals surface area contributed by atoms with Gasteiger partial charge < -0.3 is 9.52 Å². The molecule has 0 radical (unpaired) electrons. The van der Waals surface area contributed by atoms with Gasteiger partial charge in [0, 0.05) is 11.1 Å². The minimum absolute atomic E-state index is 0.0729. The van der Waals surface area contributed by atoms with E-state index in [0.29, 0.717) is 17.1 Å². The van der Waals surface area contributed by atoms with Crippen LogP contribution < -0.4 is 0 Å². The van der Waals surface area contributed by atoms with Gasteiger partial charge in [-0.2, -0.15) is 0 Å². The fraction of sp³-hybridized carbons (Fsp3) is 0.154. The van der Waals surface area contributed by atoms with Crippen molar-refractivity contribution < 1.29 is 18.7 Å². The normalized spacial score (nSPS) is 10.5. The smallest absolute Gasteiger partial charge is 0.307 e. The van der Waals surface area contributed by atoms with Crippen molar-refractivity contribution in [3.05, 3.63) is 47.5 Å². The van der Waals surface area contributed by atoms with Crippen molar-refractivity contribution in [2.75, 3.05) is 0 Å². The van der Waals surface area contributed by atoms with Gasteiger partial charge in [0.05, 0.1) is 6.42 Å². The second kappa shape index (κ2) is 4.41. The molecular formula is C13H11FO3. The molecule has 1 heterocycles. The van der Waals surface area contributed by atoms with Crippen LogP contribution in [0.4, 0.5) is 4.39 Å². The molecule has 2 aromatic rings. The molecule has 0 aliphatic rings. The Morgan fingerprint density at radius 2 is 2.00 bits per heavy atom. The Balaban J connectivity index is 2.34. The highest BCUT2D eigenvalue weighted by Crippen LogP contribution is 2.25. The van der Waals surface area contributed by atoms with Crippen LogP contribution >= 0.6 is 0 Å². The number of carboxylic acid groups (broad SMARTS) is 1. The maximum Gasteiger partial charge on any atom is 0.307 e. The largest absolute Gasteiger partial charge is 0.481 e. The fourth-order valence-electron chi connectivity index (χ4n) is 1.61. The molecule has 3 nitrogen and oxygen atoms in total. The van der Waals surface area contributed by atoms with E-state index in [1.807, 2.05) is 0 Å². The Morgan fingerprint density at radius 1 is 1.35 bits per heavy atom. The number of rotatable bonds is 3. The van der Waals surface area contributed by atoms with Gasteiger partial charge in [-0.15, -0.1) is 0 Å². The average molecular weight is 234 g/mol. The van der Waals surface area contributed by atoms with Gasteiger partial charge in [0.2, 0.25) is 0 Å². The Hall–Kier alpha value is -2.10. The molecule has 0 amide bonds. The molecule has 1 aromatic heterocycles. The lowest BCUT2D eigenvalue weighted by Crippen LogP contribution is -1.99. The molecule has 0 aliphatic heterocycles. The van der Waals surface area contributed by atoms with Gasteiger partial charge in [0.25, 0.3) is 0 Å². The first-order chi connectivity index (χ1) is 8.06. The van der Waals surface area contributed by atoms with E-state index in [1.54, 1.807) is 25.1 Å². The van der Waals surface area contributed by atoms with Crippen molar-refractivity contribution >= 4 is 5.97 Å². The number of aryl methyl sites for hydroxylation is 1. The molecule has 0 saturated carbocycles. The molecule has 0 saturated heterocycles. The predicted octanol–water partition coefficient (Wildman–Crippen LogP) is 3.02. The average Bonchev–Trinajstić information content (AvgIpc) is 2.60. The van der Waals surface area contributed by atoms with E-state index in [2.05, 4.69) is 0 Å². The van der Waals surface area contributed by atoms with Crippen LogP contribution in [0, 0.1) is 12.7 Å². The van der Waals surface area contributed by atoms with Crippen molar-refractivity contribution in [2.24, 2.45) is 0 Å². The van der Waals surface area contributed by atoms with Crippen molar-refractivity contribution in [1.82, 2.24) is 0 Å². The van der Waals surface area contributed by atoms with Crippen LogP contribution in [0.1, 0.15) is 11.3 Å². The summed E-state index contributed by atoms with van der Waals surface area (Å²) in [5, 5.41) is 8.72. The van der Waals surface area contributed by atoms with Crippen LogP contribution in [0.15, 0.2) is 34.7 Å². The lowest BCUT2D eigenvalue weighted by atomic mass is 10.1. The number of benzene rings is 1. The third-order valence-corrected chi connectivity index (χ3v) is 2.49. The van der Waals surface area contributed by atoms with Crippen LogP contribution in [-0.4, -0.2) is 11.1 Å². The summed E-state index contributed by atoms with van der Waals surface area (Å²) in [6.45, 7) is 1.71. The third-order valence-electron chi connectivity index (χ3n) is 2.49. The topological polar surface area (TPSA) is 50.4 Å². The first-order valence-electron chi connectivity index (χ1n) is 5.13. The quantitative estimate of drug-likeness (QED) is 0.888. The number of carboxylic acids is 1. The Morgan fingerprint density at radius 3 is 2.59 bits per heavy atom. The standard InChI is InChI=1S/C13H11FO3/c1-8-10(7-13(15)16)6-12(17-8)9-2-4-11(14)5-3-9/h2-6H,7H2,1H3,(H,15,16). The van der Waals surface area contributed by atoms with Crippen molar-refractivity contribution in [2.45, 2.75) is 13.3 Å². The van der Waals surface area contributed by atoms with Crippen LogP contribution in [0.5, 0.6) is 0 Å². The summed E-state index contributed by atoms with van der Waals surface area (Å²) in [7, 11) is 0. The second-order valence-electron chi connectivity index (χ2n) is 3.77. The zero-order valence-electron chi connectivity index (χ0n) is 9.24. The minimum atomic E-state index is -0.903. The number of carbonyl (C=O) groups is 1. The van der Waals surface area contributed by atoms with Gasteiger partial charge in [-0.3, -0.25) is 4.79 Å². The number of furan rings is 1. The van der Waals surface area contributed by atoms with Gasteiger partial charge in [-0.05, 0) is 37.3 Å². The van der Waals surface area contributed by atoms with Crippen molar-refractivity contribution in [3.63, 3.8) is 0 Å². The predicted molar refractivity (Wildman–Crippen MR) is 60.2 cm³/mol. The molecular weight excluding hydrogens is 223 g/mol. The van der Waals surface area contributed by atoms with Crippen LogP contribution in [0.3, 0.4) is 0 Å². The van der Waals surface area contributed by atoms with Gasteiger partial charge in [-0.25, -0.2) is 4.39 Å². The highest BCUT2D eigenvalue weighted by atomic mass is 19.1. The molecule has 2 rings (SSSR count). The number of hydrogen-bond acceptors (Lipinski definition) is 2. The first kappa shape index (κ1) is 11.4. The Labute approximate surface area is 97.5 Å². The number of hydrogen-bond donors (Lipinski definition) is 1. The summed E-state index contributed by atoms with van der Waals surface area (Å²) < 4.78 is 18.2. The molecule has 4 heteroatoms. The van der Waals surface area contributed by atoms with E-state index in [9.17, 15) is 9.18 Å². The second-order valence-corrected chi connectivity index (χ2v) is 3.77. The molecule has 0 atom stereocenters. The molecule has 88 valence electrons. The van der Waals surface area contributed by atoms with E-state index in [0.717, 1.165) is 5.56 Å². The molecule has 0 aliphatic carbocycles. The molecule has 1 N–H and O–H groups in total. The first-order valence-corrected chi connectivity index (χ1v) is 5.13. The number of aliphatic carboxylic acids is 1. The maximum absolute atomic E-state index is 12.8. The zero-order chi connectivity index (χ0) is 12.4. The lowest BCUT2D eigenvalue weighted by Gasteiger charge is -1.95. The summed E-state index contributed by atoms with van der Waals surface area (Å²) in [6.07, 6.45) is -0.0729. The van der Waals surface area contributed by atoms with E-state index in [-0.39, 0.29) is 12.2 Å². The van der Waals surface area contributed by atoms with Gasteiger partial charge in [0.15, 0.2) is 0 Å². The summed E-state index contributed by atoms with van der Waals surface area (Å²) in [5.41, 5.74) is 1.36. The van der Waals surface area contributed by atoms with Crippen molar-refractivity contribution in [1.29, 1.82) is 0 Å². The van der Waals surface area contributed by atoms with E-state index in [4.69, 9.17) is 9.52 Å². The van der Waals surface area contributed by atoms with E-state index < -0.39 is 5.97 Å². The molecule has 1 aromatic carbocycles. The molecule has 0 fully saturated rings. The van der Waals surface area contributed by atoms with Gasteiger partial charge in [0.1, 0.15) is 17.3 Å². The zero-order valence-corrected chi connectivity index (χ0v) is 9.24. The number of halogens is 1. The van der Waals surface area contributed by atoms with Crippen LogP contribution in [-0.2, 0) is 11.2 Å². The highest BCUT2D eigenvalue weighted by molar-refractivity contribution is 5.71. The molecule has 0 spiro atoms. The summed E-state index contributed by atoms with van der Waals surface area (Å²) in [6, 6.07) is 7.54. The maximum atomic E-state index is 12.8. The molecule has 0 unspecified atom stereocenters. The van der Waals surface area contributed by atoms with E-state index in [1.165, 1.54) is 12.1 Å².